The summed E-state index contributed by atoms with van der Waals surface area (Å²) in [7, 11) is 1.24. The molecule has 268 valence electrons. The van der Waals surface area contributed by atoms with Crippen LogP contribution in [0, 0.1) is 20.8 Å². The van der Waals surface area contributed by atoms with Crippen molar-refractivity contribution in [3.05, 3.63) is 86.5 Å². The van der Waals surface area contributed by atoms with Gasteiger partial charge in [-0.1, -0.05) is 19.1 Å². The maximum atomic E-state index is 14.5. The molecule has 0 saturated heterocycles. The Balaban J connectivity index is 1.60. The van der Waals surface area contributed by atoms with Gasteiger partial charge in [0.2, 0.25) is 0 Å². The van der Waals surface area contributed by atoms with E-state index < -0.39 is 29.5 Å². The van der Waals surface area contributed by atoms with Crippen LogP contribution in [0.15, 0.2) is 41.8 Å². The summed E-state index contributed by atoms with van der Waals surface area (Å²) in [6, 6.07) is 11.1. The Kier molecular flexibility index (Phi) is 11.1. The number of nitrogens with zero attached hydrogens (tertiary/aromatic N) is 1. The predicted molar refractivity (Wildman–Crippen MR) is 198 cm³/mol. The van der Waals surface area contributed by atoms with Gasteiger partial charge in [-0.05, 0) is 105 Å². The third-order valence-electron chi connectivity index (χ3n) is 8.28. The van der Waals surface area contributed by atoms with E-state index in [1.165, 1.54) is 7.11 Å². The quantitative estimate of drug-likeness (QED) is 0.151. The lowest BCUT2D eigenvalue weighted by Crippen LogP contribution is -2.32. The van der Waals surface area contributed by atoms with Crippen LogP contribution in [0.25, 0.3) is 21.6 Å². The van der Waals surface area contributed by atoms with Gasteiger partial charge in [0.15, 0.2) is 5.69 Å². The smallest absolute Gasteiger partial charge is 0.407 e. The monoisotopic (exact) mass is 712 g/mol. The molecule has 11 nitrogen and oxygen atoms in total. The van der Waals surface area contributed by atoms with E-state index in [9.17, 15) is 19.2 Å². The van der Waals surface area contributed by atoms with Crippen LogP contribution in [-0.2, 0) is 22.4 Å². The number of carbonyl (C=O) groups is 4. The second-order valence-corrected chi connectivity index (χ2v) is 14.4. The molecule has 0 unspecified atom stereocenters. The SMILES string of the molecule is CCCNC(=O)c1nc(C(=O)OC)c(-c2cc3c(cc2C(=O)Nc2c(C)cc(CNC(=O)OC(C)(C)C)cc2C)-c2sccc2CCO3)cc1C. The zero-order valence-electron chi connectivity index (χ0n) is 30.3. The largest absolute Gasteiger partial charge is 0.493 e. The summed E-state index contributed by atoms with van der Waals surface area (Å²) in [6.45, 7) is 14.0. The number of nitrogens with one attached hydrogen (secondary N) is 3. The van der Waals surface area contributed by atoms with Gasteiger partial charge in [-0.3, -0.25) is 9.59 Å². The zero-order chi connectivity index (χ0) is 37.0. The van der Waals surface area contributed by atoms with E-state index in [1.54, 1.807) is 57.2 Å². The molecular weight excluding hydrogens is 669 g/mol. The number of rotatable bonds is 9. The number of alkyl carbamates (subject to hydrolysis) is 1. The molecule has 0 atom stereocenters. The zero-order valence-corrected chi connectivity index (χ0v) is 31.1. The topological polar surface area (TPSA) is 145 Å². The van der Waals surface area contributed by atoms with Crippen LogP contribution in [0.2, 0.25) is 0 Å². The lowest BCUT2D eigenvalue weighted by atomic mass is 9.92. The van der Waals surface area contributed by atoms with Crippen molar-refractivity contribution in [1.29, 1.82) is 0 Å². The number of hydrogen-bond donors (Lipinski definition) is 3. The number of amides is 3. The fourth-order valence-electron chi connectivity index (χ4n) is 5.97. The summed E-state index contributed by atoms with van der Waals surface area (Å²) < 4.78 is 16.7. The van der Waals surface area contributed by atoms with Crippen LogP contribution >= 0.6 is 11.3 Å². The average molecular weight is 713 g/mol. The minimum Gasteiger partial charge on any atom is -0.493 e. The van der Waals surface area contributed by atoms with E-state index in [-0.39, 0.29) is 23.5 Å². The molecule has 2 aromatic carbocycles. The molecule has 0 radical (unpaired) electrons. The summed E-state index contributed by atoms with van der Waals surface area (Å²) >= 11 is 1.57. The molecule has 0 aliphatic carbocycles. The van der Waals surface area contributed by atoms with Crippen LogP contribution in [0.3, 0.4) is 0 Å². The van der Waals surface area contributed by atoms with Gasteiger partial charge >= 0.3 is 12.1 Å². The number of esters is 1. The second-order valence-electron chi connectivity index (χ2n) is 13.5. The summed E-state index contributed by atoms with van der Waals surface area (Å²) in [5.41, 5.74) is 5.84. The van der Waals surface area contributed by atoms with E-state index in [4.69, 9.17) is 14.2 Å². The molecule has 4 aromatic rings. The van der Waals surface area contributed by atoms with Crippen molar-refractivity contribution >= 4 is 40.9 Å². The number of aryl methyl sites for hydroxylation is 3. The molecule has 3 N–H and O–H groups in total. The third kappa shape index (κ3) is 8.39. The molecule has 1 aliphatic heterocycles. The van der Waals surface area contributed by atoms with E-state index in [0.29, 0.717) is 47.7 Å². The van der Waals surface area contributed by atoms with Crippen molar-refractivity contribution in [3.63, 3.8) is 0 Å². The highest BCUT2D eigenvalue weighted by Gasteiger charge is 2.28. The number of methoxy groups -OCH3 is 1. The second kappa shape index (κ2) is 15.3. The maximum Gasteiger partial charge on any atom is 0.407 e. The number of aromatic nitrogens is 1. The predicted octanol–water partition coefficient (Wildman–Crippen LogP) is 7.54. The Morgan fingerprint density at radius 3 is 2.29 bits per heavy atom. The highest BCUT2D eigenvalue weighted by atomic mass is 32.1. The molecule has 3 amide bonds. The Labute approximate surface area is 302 Å². The average Bonchev–Trinajstić information content (AvgIpc) is 3.47. The molecule has 0 saturated carbocycles. The van der Waals surface area contributed by atoms with Gasteiger partial charge in [-0.25, -0.2) is 14.6 Å². The van der Waals surface area contributed by atoms with E-state index in [1.807, 2.05) is 38.3 Å². The fourth-order valence-corrected chi connectivity index (χ4v) is 6.95. The number of pyridine rings is 1. The lowest BCUT2D eigenvalue weighted by Gasteiger charge is -2.20. The molecular formula is C39H44N4O7S. The number of anilines is 1. The first-order valence-electron chi connectivity index (χ1n) is 16.8. The standard InChI is InChI=1S/C39H44N4O7S/c1-9-12-40-36(45)32-23(4)17-27(33(42-32)37(46)48-8)26-19-30-29(34-25(10-13-49-30)11-14-51-34)18-28(26)35(44)43-31-21(2)15-24(16-22(31)3)20-41-38(47)50-39(5,6)7/h11,14-19H,9-10,12-13,20H2,1-8H3,(H,40,45)(H,41,47)(H,43,44). The normalized spacial score (nSPS) is 12.1. The van der Waals surface area contributed by atoms with E-state index in [0.717, 1.165) is 39.1 Å². The summed E-state index contributed by atoms with van der Waals surface area (Å²) in [5.74, 6) is -1.01. The Bertz CT molecular complexity index is 1990. The van der Waals surface area contributed by atoms with Crippen LogP contribution in [0.1, 0.15) is 93.3 Å². The van der Waals surface area contributed by atoms with Gasteiger partial charge in [-0.2, -0.15) is 0 Å². The minimum atomic E-state index is -0.750. The van der Waals surface area contributed by atoms with Crippen LogP contribution in [-0.4, -0.2) is 54.7 Å². The van der Waals surface area contributed by atoms with Gasteiger partial charge in [0.05, 0.1) is 13.7 Å². The van der Waals surface area contributed by atoms with Crippen molar-refractivity contribution < 1.29 is 33.4 Å². The van der Waals surface area contributed by atoms with Gasteiger partial charge < -0.3 is 30.2 Å². The van der Waals surface area contributed by atoms with Crippen molar-refractivity contribution in [2.45, 2.75) is 73.5 Å². The minimum absolute atomic E-state index is 0.0975. The van der Waals surface area contributed by atoms with Gasteiger partial charge in [0, 0.05) is 52.3 Å². The first-order valence-corrected chi connectivity index (χ1v) is 17.7. The summed E-state index contributed by atoms with van der Waals surface area (Å²) in [4.78, 5) is 58.5. The fraction of sp³-hybridized carbons (Fsp3) is 0.359. The summed E-state index contributed by atoms with van der Waals surface area (Å²) in [5, 5.41) is 10.7. The van der Waals surface area contributed by atoms with E-state index in [2.05, 4.69) is 27.0 Å². The highest BCUT2D eigenvalue weighted by molar-refractivity contribution is 7.13. The molecule has 5 rings (SSSR count). The first-order chi connectivity index (χ1) is 24.2. The Morgan fingerprint density at radius 2 is 1.63 bits per heavy atom. The molecule has 3 heterocycles. The van der Waals surface area contributed by atoms with Crippen molar-refractivity contribution in [2.24, 2.45) is 0 Å². The molecule has 2 aromatic heterocycles. The molecule has 1 aliphatic rings. The number of benzene rings is 2. The van der Waals surface area contributed by atoms with E-state index >= 15 is 0 Å². The Morgan fingerprint density at radius 1 is 0.902 bits per heavy atom. The number of ether oxygens (including phenoxy) is 3. The van der Waals surface area contributed by atoms with Gasteiger partial charge in [0.1, 0.15) is 17.0 Å². The number of fused-ring (bicyclic) bond motifs is 3. The Hall–Kier alpha value is -5.23. The number of carbonyl (C=O) groups excluding carboxylic acids is 4. The lowest BCUT2D eigenvalue weighted by molar-refractivity contribution is 0.0522. The molecule has 0 spiro atoms. The van der Waals surface area contributed by atoms with Gasteiger partial charge in [0.25, 0.3) is 11.8 Å². The summed E-state index contributed by atoms with van der Waals surface area (Å²) in [6.07, 6.45) is 0.916. The van der Waals surface area contributed by atoms with Crippen LogP contribution < -0.4 is 20.7 Å². The molecule has 0 fully saturated rings. The maximum absolute atomic E-state index is 14.5. The third-order valence-corrected chi connectivity index (χ3v) is 9.27. The van der Waals surface area contributed by atoms with Crippen molar-refractivity contribution in [1.82, 2.24) is 15.6 Å². The first kappa shape index (κ1) is 37.0. The van der Waals surface area contributed by atoms with Crippen molar-refractivity contribution in [3.8, 4) is 27.3 Å². The number of hydrogen-bond acceptors (Lipinski definition) is 9. The van der Waals surface area contributed by atoms with Crippen LogP contribution in [0.5, 0.6) is 5.75 Å². The highest BCUT2D eigenvalue weighted by Crippen LogP contribution is 2.43. The van der Waals surface area contributed by atoms with Crippen molar-refractivity contribution in [2.75, 3.05) is 25.6 Å². The molecule has 0 bridgehead atoms. The molecule has 51 heavy (non-hydrogen) atoms. The van der Waals surface area contributed by atoms with Gasteiger partial charge in [-0.15, -0.1) is 11.3 Å². The molecule has 12 heteroatoms. The van der Waals surface area contributed by atoms with Crippen LogP contribution in [0.4, 0.5) is 10.5 Å². The number of thiophene rings is 1.